The van der Waals surface area contributed by atoms with Gasteiger partial charge >= 0.3 is 5.97 Å². The number of aliphatic carboxylic acids is 1. The number of carboxylic acids is 1. The van der Waals surface area contributed by atoms with Crippen LogP contribution in [0.5, 0.6) is 0 Å². The molecule has 122 valence electrons. The predicted molar refractivity (Wildman–Crippen MR) is 80.1 cm³/mol. The third-order valence-electron chi connectivity index (χ3n) is 3.39. The van der Waals surface area contributed by atoms with Gasteiger partial charge in [0, 0.05) is 19.6 Å². The van der Waals surface area contributed by atoms with Crippen molar-refractivity contribution >= 4 is 11.9 Å². The van der Waals surface area contributed by atoms with E-state index in [1.807, 2.05) is 4.90 Å². The maximum atomic E-state index is 12.5. The van der Waals surface area contributed by atoms with Crippen LogP contribution in [0.2, 0.25) is 0 Å². The van der Waals surface area contributed by atoms with Crippen molar-refractivity contribution in [2.24, 2.45) is 11.8 Å². The molecule has 0 radical (unpaired) electrons. The molecule has 1 fully saturated rings. The Morgan fingerprint density at radius 2 is 1.81 bits per heavy atom. The Morgan fingerprint density at radius 1 is 1.24 bits per heavy atom. The van der Waals surface area contributed by atoms with Crippen molar-refractivity contribution in [1.29, 1.82) is 0 Å². The van der Waals surface area contributed by atoms with Crippen LogP contribution >= 0.6 is 0 Å². The lowest BCUT2D eigenvalue weighted by Gasteiger charge is -2.34. The first kappa shape index (κ1) is 17.9. The Kier molecular flexibility index (Phi) is 7.11. The van der Waals surface area contributed by atoms with Crippen molar-refractivity contribution < 1.29 is 19.4 Å². The normalized spacial score (nSPS) is 20.0. The van der Waals surface area contributed by atoms with Crippen LogP contribution in [-0.2, 0) is 14.3 Å². The van der Waals surface area contributed by atoms with E-state index in [4.69, 9.17) is 4.74 Å². The van der Waals surface area contributed by atoms with Crippen LogP contribution in [0.1, 0.15) is 27.7 Å². The van der Waals surface area contributed by atoms with Gasteiger partial charge in [0.05, 0.1) is 19.8 Å². The van der Waals surface area contributed by atoms with Gasteiger partial charge < -0.3 is 14.7 Å². The van der Waals surface area contributed by atoms with Crippen molar-refractivity contribution in [1.82, 2.24) is 9.80 Å². The number of amides is 1. The van der Waals surface area contributed by atoms with Gasteiger partial charge in [-0.05, 0) is 11.8 Å². The minimum absolute atomic E-state index is 0.00514. The fraction of sp³-hybridized carbons (Fsp3) is 0.867. The van der Waals surface area contributed by atoms with Crippen LogP contribution in [0, 0.1) is 11.8 Å². The fourth-order valence-corrected chi connectivity index (χ4v) is 2.49. The number of morpholine rings is 1. The van der Waals surface area contributed by atoms with Crippen molar-refractivity contribution in [3.63, 3.8) is 0 Å². The Bertz CT molecular complexity index is 348. The summed E-state index contributed by atoms with van der Waals surface area (Å²) in [7, 11) is 0. The first-order valence-electron chi connectivity index (χ1n) is 7.63. The highest BCUT2D eigenvalue weighted by atomic mass is 16.5. The van der Waals surface area contributed by atoms with Crippen molar-refractivity contribution in [2.75, 3.05) is 39.4 Å². The van der Waals surface area contributed by atoms with Gasteiger partial charge in [0.1, 0.15) is 6.04 Å². The van der Waals surface area contributed by atoms with Crippen LogP contribution in [0.4, 0.5) is 0 Å². The van der Waals surface area contributed by atoms with Gasteiger partial charge in [-0.1, -0.05) is 27.7 Å². The Hall–Kier alpha value is -1.14. The van der Waals surface area contributed by atoms with E-state index in [2.05, 4.69) is 27.7 Å². The zero-order valence-corrected chi connectivity index (χ0v) is 13.5. The Morgan fingerprint density at radius 3 is 2.29 bits per heavy atom. The molecule has 1 aliphatic rings. The summed E-state index contributed by atoms with van der Waals surface area (Å²) < 4.78 is 5.20. The zero-order valence-electron chi connectivity index (χ0n) is 13.5. The minimum atomic E-state index is -0.929. The largest absolute Gasteiger partial charge is 0.480 e. The number of hydrogen-bond donors (Lipinski definition) is 1. The van der Waals surface area contributed by atoms with Crippen molar-refractivity contribution in [3.05, 3.63) is 0 Å². The highest BCUT2D eigenvalue weighted by molar-refractivity contribution is 5.80. The van der Waals surface area contributed by atoms with E-state index in [0.717, 1.165) is 0 Å². The summed E-state index contributed by atoms with van der Waals surface area (Å²) in [5, 5.41) is 9.20. The van der Waals surface area contributed by atoms with E-state index in [-0.39, 0.29) is 19.1 Å². The summed E-state index contributed by atoms with van der Waals surface area (Å²) in [6.45, 7) is 11.0. The SMILES string of the molecule is CC(C)CN(CC(C)C)C(=O)CN1CCOCC1C(=O)O. The molecule has 1 amide bonds. The molecule has 1 heterocycles. The first-order chi connectivity index (χ1) is 9.81. The molecule has 1 rings (SSSR count). The molecule has 6 heteroatoms. The van der Waals surface area contributed by atoms with Gasteiger partial charge in [-0.25, -0.2) is 0 Å². The van der Waals surface area contributed by atoms with E-state index >= 15 is 0 Å². The molecule has 1 N–H and O–H groups in total. The maximum absolute atomic E-state index is 12.5. The molecule has 0 aliphatic carbocycles. The van der Waals surface area contributed by atoms with Crippen molar-refractivity contribution in [2.45, 2.75) is 33.7 Å². The van der Waals surface area contributed by atoms with Crippen molar-refractivity contribution in [3.8, 4) is 0 Å². The summed E-state index contributed by atoms with van der Waals surface area (Å²) in [6, 6.07) is -0.720. The van der Waals surface area contributed by atoms with Crippen LogP contribution in [0.3, 0.4) is 0 Å². The molecular weight excluding hydrogens is 272 g/mol. The van der Waals surface area contributed by atoms with E-state index in [0.29, 0.717) is 38.1 Å². The van der Waals surface area contributed by atoms with Crippen LogP contribution in [0.25, 0.3) is 0 Å². The average molecular weight is 300 g/mol. The zero-order chi connectivity index (χ0) is 16.0. The number of hydrogen-bond acceptors (Lipinski definition) is 4. The number of nitrogens with zero attached hydrogens (tertiary/aromatic N) is 2. The fourth-order valence-electron chi connectivity index (χ4n) is 2.49. The molecular formula is C15H28N2O4. The molecule has 1 aliphatic heterocycles. The number of rotatable bonds is 7. The molecule has 1 unspecified atom stereocenters. The number of carbonyl (C=O) groups excluding carboxylic acids is 1. The lowest BCUT2D eigenvalue weighted by molar-refractivity contribution is -0.151. The summed E-state index contributed by atoms with van der Waals surface area (Å²) in [5.41, 5.74) is 0. The third-order valence-corrected chi connectivity index (χ3v) is 3.39. The number of carboxylic acid groups (broad SMARTS) is 1. The Labute approximate surface area is 127 Å². The second kappa shape index (κ2) is 8.34. The van der Waals surface area contributed by atoms with Gasteiger partial charge in [-0.15, -0.1) is 0 Å². The maximum Gasteiger partial charge on any atom is 0.323 e. The van der Waals surface area contributed by atoms with E-state index in [1.54, 1.807) is 4.90 Å². The van der Waals surface area contributed by atoms with Crippen LogP contribution in [-0.4, -0.2) is 72.2 Å². The molecule has 0 aromatic rings. The monoisotopic (exact) mass is 300 g/mol. The first-order valence-corrected chi connectivity index (χ1v) is 7.63. The second-order valence-corrected chi connectivity index (χ2v) is 6.49. The van der Waals surface area contributed by atoms with Crippen LogP contribution in [0.15, 0.2) is 0 Å². The molecule has 0 saturated carbocycles. The van der Waals surface area contributed by atoms with Gasteiger partial charge in [0.15, 0.2) is 0 Å². The standard InChI is InChI=1S/C15H28N2O4/c1-11(2)7-17(8-12(3)4)14(18)9-16-5-6-21-10-13(16)15(19)20/h11-13H,5-10H2,1-4H3,(H,19,20). The molecule has 1 atom stereocenters. The Balaban J connectivity index is 2.67. The lowest BCUT2D eigenvalue weighted by Crippen LogP contribution is -2.54. The third kappa shape index (κ3) is 6.01. The molecule has 6 nitrogen and oxygen atoms in total. The quantitative estimate of drug-likeness (QED) is 0.757. The molecule has 0 aromatic carbocycles. The summed E-state index contributed by atoms with van der Waals surface area (Å²) >= 11 is 0. The van der Waals surface area contributed by atoms with Gasteiger partial charge in [-0.2, -0.15) is 0 Å². The summed E-state index contributed by atoms with van der Waals surface area (Å²) in [6.07, 6.45) is 0. The molecule has 1 saturated heterocycles. The highest BCUT2D eigenvalue weighted by Crippen LogP contribution is 2.10. The van der Waals surface area contributed by atoms with E-state index in [9.17, 15) is 14.7 Å². The molecule has 0 bridgehead atoms. The number of ether oxygens (including phenoxy) is 1. The van der Waals surface area contributed by atoms with E-state index < -0.39 is 12.0 Å². The van der Waals surface area contributed by atoms with Gasteiger partial charge in [0.25, 0.3) is 0 Å². The lowest BCUT2D eigenvalue weighted by atomic mass is 10.1. The highest BCUT2D eigenvalue weighted by Gasteiger charge is 2.31. The summed E-state index contributed by atoms with van der Waals surface area (Å²) in [4.78, 5) is 27.3. The topological polar surface area (TPSA) is 70.1 Å². The minimum Gasteiger partial charge on any atom is -0.480 e. The van der Waals surface area contributed by atoms with Gasteiger partial charge in [-0.3, -0.25) is 14.5 Å². The van der Waals surface area contributed by atoms with Gasteiger partial charge in [0.2, 0.25) is 5.91 Å². The average Bonchev–Trinajstić information content (AvgIpc) is 2.37. The molecule has 21 heavy (non-hydrogen) atoms. The molecule has 0 aromatic heterocycles. The van der Waals surface area contributed by atoms with Crippen LogP contribution < -0.4 is 0 Å². The van der Waals surface area contributed by atoms with E-state index in [1.165, 1.54) is 0 Å². The smallest absolute Gasteiger partial charge is 0.323 e. The predicted octanol–water partition coefficient (Wildman–Crippen LogP) is 0.912. The molecule has 0 spiro atoms. The number of carbonyl (C=O) groups is 2. The summed E-state index contributed by atoms with van der Waals surface area (Å²) in [5.74, 6) is -0.132. The second-order valence-electron chi connectivity index (χ2n) is 6.49.